The number of carboxylic acid groups (broad SMARTS) is 2. The van der Waals surface area contributed by atoms with Gasteiger partial charge in [-0.25, -0.2) is 4.79 Å². The fraction of sp³-hybridized carbons (Fsp3) is 0.414. The first-order valence-electron chi connectivity index (χ1n) is 13.4. The molecule has 0 saturated heterocycles. The van der Waals surface area contributed by atoms with Gasteiger partial charge in [-0.05, 0) is 37.4 Å². The molecule has 12 heteroatoms. The predicted molar refractivity (Wildman–Crippen MR) is 152 cm³/mol. The standard InChI is InChI=1S/C29H39N5O7/c1-18-10-12-20(13-11-18)16-22(32-26(37)21(31)9-5-6-14-30)27(38)33-23(15-19-7-3-2-4-8-19)28(39)34-24(29(40)41)17-25(35)36/h2-4,7-8,10-13,21-24H,5-6,9,14-17,30-31H2,1H3,(H,32,37)(H,33,38)(H,34,39)(H,35,36)(H,40,41)/t21-,22+,23+,24+/m1/s1. The second-order valence-electron chi connectivity index (χ2n) is 9.89. The zero-order valence-electron chi connectivity index (χ0n) is 23.0. The molecule has 0 heterocycles. The van der Waals surface area contributed by atoms with Gasteiger partial charge in [-0.15, -0.1) is 0 Å². The quantitative estimate of drug-likeness (QED) is 0.130. The van der Waals surface area contributed by atoms with E-state index in [1.807, 2.05) is 31.2 Å². The molecule has 0 aliphatic rings. The lowest BCUT2D eigenvalue weighted by atomic mass is 10.0. The van der Waals surface area contributed by atoms with Crippen molar-refractivity contribution in [3.05, 3.63) is 71.3 Å². The molecule has 0 saturated carbocycles. The molecule has 12 nitrogen and oxygen atoms in total. The predicted octanol–water partition coefficient (Wildman–Crippen LogP) is 0.250. The Morgan fingerprint density at radius 2 is 1.24 bits per heavy atom. The first-order chi connectivity index (χ1) is 19.5. The Labute approximate surface area is 238 Å². The molecule has 0 aromatic heterocycles. The number of carbonyl (C=O) groups is 5. The molecule has 0 fully saturated rings. The number of nitrogens with two attached hydrogens (primary N) is 2. The Hall–Kier alpha value is -4.29. The maximum atomic E-state index is 13.6. The van der Waals surface area contributed by atoms with Crippen LogP contribution in [0.4, 0.5) is 0 Å². The number of aliphatic carboxylic acids is 2. The van der Waals surface area contributed by atoms with Gasteiger partial charge >= 0.3 is 11.9 Å². The fourth-order valence-corrected chi connectivity index (χ4v) is 4.07. The van der Waals surface area contributed by atoms with E-state index < -0.39 is 60.2 Å². The van der Waals surface area contributed by atoms with E-state index in [2.05, 4.69) is 16.0 Å². The van der Waals surface area contributed by atoms with E-state index in [1.54, 1.807) is 30.3 Å². The highest BCUT2D eigenvalue weighted by molar-refractivity contribution is 5.95. The normalized spacial score (nSPS) is 13.7. The van der Waals surface area contributed by atoms with Crippen LogP contribution in [0.5, 0.6) is 0 Å². The molecule has 0 aliphatic heterocycles. The van der Waals surface area contributed by atoms with Gasteiger partial charge in [-0.3, -0.25) is 19.2 Å². The summed E-state index contributed by atoms with van der Waals surface area (Å²) in [5.41, 5.74) is 14.0. The number of carboxylic acids is 2. The number of unbranched alkanes of at least 4 members (excludes halogenated alkanes) is 1. The zero-order valence-corrected chi connectivity index (χ0v) is 23.0. The second kappa shape index (κ2) is 16.7. The molecule has 0 aliphatic carbocycles. The van der Waals surface area contributed by atoms with Gasteiger partial charge in [0.25, 0.3) is 0 Å². The van der Waals surface area contributed by atoms with Gasteiger partial charge in [0.05, 0.1) is 12.5 Å². The molecule has 9 N–H and O–H groups in total. The number of aryl methyl sites for hydroxylation is 1. The molecule has 41 heavy (non-hydrogen) atoms. The third-order valence-corrected chi connectivity index (χ3v) is 6.41. The van der Waals surface area contributed by atoms with Crippen LogP contribution in [0.3, 0.4) is 0 Å². The molecule has 3 amide bonds. The van der Waals surface area contributed by atoms with Gasteiger partial charge < -0.3 is 37.6 Å². The highest BCUT2D eigenvalue weighted by Crippen LogP contribution is 2.10. The average Bonchev–Trinajstić information content (AvgIpc) is 2.93. The Morgan fingerprint density at radius 3 is 1.76 bits per heavy atom. The van der Waals surface area contributed by atoms with E-state index in [9.17, 15) is 29.1 Å². The Kier molecular flexibility index (Phi) is 13.4. The van der Waals surface area contributed by atoms with Crippen molar-refractivity contribution < 1.29 is 34.2 Å². The van der Waals surface area contributed by atoms with E-state index in [-0.39, 0.29) is 12.8 Å². The van der Waals surface area contributed by atoms with Crippen molar-refractivity contribution in [1.29, 1.82) is 0 Å². The monoisotopic (exact) mass is 569 g/mol. The summed E-state index contributed by atoms with van der Waals surface area (Å²) in [6.45, 7) is 2.38. The smallest absolute Gasteiger partial charge is 0.326 e. The van der Waals surface area contributed by atoms with Crippen molar-refractivity contribution in [2.45, 2.75) is 69.6 Å². The summed E-state index contributed by atoms with van der Waals surface area (Å²) in [5, 5.41) is 26.0. The highest BCUT2D eigenvalue weighted by Gasteiger charge is 2.31. The van der Waals surface area contributed by atoms with Crippen molar-refractivity contribution in [2.75, 3.05) is 6.54 Å². The van der Waals surface area contributed by atoms with E-state index in [0.29, 0.717) is 31.4 Å². The van der Waals surface area contributed by atoms with Crippen molar-refractivity contribution in [3.63, 3.8) is 0 Å². The molecule has 2 aromatic rings. The largest absolute Gasteiger partial charge is 0.481 e. The number of rotatable bonds is 17. The van der Waals surface area contributed by atoms with E-state index in [0.717, 1.165) is 11.1 Å². The van der Waals surface area contributed by atoms with Gasteiger partial charge in [0.15, 0.2) is 0 Å². The van der Waals surface area contributed by atoms with Crippen LogP contribution in [0.2, 0.25) is 0 Å². The number of hydrogen-bond donors (Lipinski definition) is 7. The molecular formula is C29H39N5O7. The van der Waals surface area contributed by atoms with E-state index >= 15 is 0 Å². The number of hydrogen-bond acceptors (Lipinski definition) is 7. The summed E-state index contributed by atoms with van der Waals surface area (Å²) in [6, 6.07) is 11.1. The van der Waals surface area contributed by atoms with Gasteiger partial charge in [-0.1, -0.05) is 66.6 Å². The maximum absolute atomic E-state index is 13.6. The summed E-state index contributed by atoms with van der Waals surface area (Å²) >= 11 is 0. The molecule has 0 bridgehead atoms. The van der Waals surface area contributed by atoms with Crippen molar-refractivity contribution in [2.24, 2.45) is 11.5 Å². The molecule has 2 rings (SSSR count). The summed E-state index contributed by atoms with van der Waals surface area (Å²) in [5.74, 6) is -5.04. The third kappa shape index (κ3) is 11.8. The molecule has 4 atom stereocenters. The minimum atomic E-state index is -1.70. The molecule has 2 aromatic carbocycles. The molecule has 0 spiro atoms. The van der Waals surface area contributed by atoms with Crippen LogP contribution in [0.25, 0.3) is 0 Å². The third-order valence-electron chi connectivity index (χ3n) is 6.41. The van der Waals surface area contributed by atoms with Crippen LogP contribution in [0.1, 0.15) is 42.4 Å². The van der Waals surface area contributed by atoms with Crippen LogP contribution < -0.4 is 27.4 Å². The number of amides is 3. The molecule has 0 unspecified atom stereocenters. The Bertz CT molecular complexity index is 1170. The first-order valence-corrected chi connectivity index (χ1v) is 13.4. The zero-order chi connectivity index (χ0) is 30.4. The lowest BCUT2D eigenvalue weighted by Gasteiger charge is -2.25. The van der Waals surface area contributed by atoms with E-state index in [4.69, 9.17) is 16.6 Å². The van der Waals surface area contributed by atoms with Crippen LogP contribution >= 0.6 is 0 Å². The van der Waals surface area contributed by atoms with Gasteiger partial charge in [0.1, 0.15) is 18.1 Å². The highest BCUT2D eigenvalue weighted by atomic mass is 16.4. The number of benzene rings is 2. The minimum absolute atomic E-state index is 0.0123. The second-order valence-corrected chi connectivity index (χ2v) is 9.89. The molecular weight excluding hydrogens is 530 g/mol. The maximum Gasteiger partial charge on any atom is 0.326 e. The van der Waals surface area contributed by atoms with Crippen molar-refractivity contribution in [3.8, 4) is 0 Å². The SMILES string of the molecule is Cc1ccc(C[C@H](NC(=O)[C@H](N)CCCCN)C(=O)N[C@@H](Cc2ccccc2)C(=O)N[C@@H](CC(=O)O)C(=O)O)cc1. The van der Waals surface area contributed by atoms with E-state index in [1.165, 1.54) is 0 Å². The van der Waals surface area contributed by atoms with Crippen LogP contribution in [0, 0.1) is 6.92 Å². The summed E-state index contributed by atoms with van der Waals surface area (Å²) in [4.78, 5) is 62.3. The topological polar surface area (TPSA) is 214 Å². The number of carbonyl (C=O) groups excluding carboxylic acids is 3. The van der Waals surface area contributed by atoms with Gasteiger partial charge in [-0.2, -0.15) is 0 Å². The lowest BCUT2D eigenvalue weighted by Crippen LogP contribution is -2.58. The average molecular weight is 570 g/mol. The van der Waals surface area contributed by atoms with Gasteiger partial charge in [0.2, 0.25) is 17.7 Å². The molecule has 222 valence electrons. The van der Waals surface area contributed by atoms with Crippen molar-refractivity contribution >= 4 is 29.7 Å². The minimum Gasteiger partial charge on any atom is -0.481 e. The first kappa shape index (κ1) is 32.9. The number of nitrogens with one attached hydrogen (secondary N) is 3. The van der Waals surface area contributed by atoms with Crippen molar-refractivity contribution in [1.82, 2.24) is 16.0 Å². The van der Waals surface area contributed by atoms with Gasteiger partial charge in [0, 0.05) is 12.8 Å². The Morgan fingerprint density at radius 1 is 0.732 bits per heavy atom. The lowest BCUT2D eigenvalue weighted by molar-refractivity contribution is -0.147. The fourth-order valence-electron chi connectivity index (χ4n) is 4.07. The summed E-state index contributed by atoms with van der Waals surface area (Å²) in [6.07, 6.45) is 0.956. The van der Waals surface area contributed by atoms with Crippen LogP contribution in [-0.2, 0) is 36.8 Å². The van der Waals surface area contributed by atoms with Crippen LogP contribution in [0.15, 0.2) is 54.6 Å². The summed E-state index contributed by atoms with van der Waals surface area (Å²) in [7, 11) is 0. The molecule has 0 radical (unpaired) electrons. The van der Waals surface area contributed by atoms with Crippen LogP contribution in [-0.4, -0.2) is 70.6 Å². The Balaban J connectivity index is 2.30. The summed E-state index contributed by atoms with van der Waals surface area (Å²) < 4.78 is 0.